The third kappa shape index (κ3) is 1.83. The molecule has 0 aliphatic carbocycles. The number of ether oxygens (including phenoxy) is 1. The van der Waals surface area contributed by atoms with Gasteiger partial charge < -0.3 is 15.6 Å². The Bertz CT molecular complexity index is 382. The van der Waals surface area contributed by atoms with Crippen molar-refractivity contribution in [3.05, 3.63) is 28.8 Å². The number of nitrogens with two attached hydrogens (primary N) is 1. The smallest absolute Gasteiger partial charge is 0.204 e. The van der Waals surface area contributed by atoms with Crippen molar-refractivity contribution < 1.29 is 27.4 Å². The average Bonchev–Trinajstić information content (AvgIpc) is 2.27. The Morgan fingerprint density at radius 3 is 1.88 bits per heavy atom. The van der Waals surface area contributed by atoms with Gasteiger partial charge in [0.25, 0.3) is 0 Å². The molecular formula is C9H9F4NO2. The van der Waals surface area contributed by atoms with Crippen LogP contribution >= 0.6 is 0 Å². The minimum Gasteiger partial charge on any atom is -0.491 e. The van der Waals surface area contributed by atoms with Crippen LogP contribution in [0.5, 0.6) is 5.75 Å². The molecule has 1 aromatic rings. The molecule has 0 unspecified atom stereocenters. The predicted molar refractivity (Wildman–Crippen MR) is 46.8 cm³/mol. The van der Waals surface area contributed by atoms with Crippen LogP contribution in [0.3, 0.4) is 0 Å². The van der Waals surface area contributed by atoms with Crippen LogP contribution in [0, 0.1) is 23.3 Å². The van der Waals surface area contributed by atoms with Gasteiger partial charge in [0.1, 0.15) is 0 Å². The van der Waals surface area contributed by atoms with Crippen molar-refractivity contribution in [2.45, 2.75) is 6.04 Å². The topological polar surface area (TPSA) is 55.5 Å². The highest BCUT2D eigenvalue weighted by Gasteiger charge is 2.28. The molecule has 16 heavy (non-hydrogen) atoms. The van der Waals surface area contributed by atoms with Crippen LogP contribution in [0.2, 0.25) is 0 Å². The van der Waals surface area contributed by atoms with Gasteiger partial charge in [0.15, 0.2) is 17.4 Å². The van der Waals surface area contributed by atoms with E-state index in [2.05, 4.69) is 4.74 Å². The molecular weight excluding hydrogens is 230 g/mol. The number of aliphatic hydroxyl groups excluding tert-OH is 1. The van der Waals surface area contributed by atoms with E-state index in [-0.39, 0.29) is 0 Å². The van der Waals surface area contributed by atoms with Gasteiger partial charge in [0.2, 0.25) is 11.6 Å². The molecule has 7 heteroatoms. The van der Waals surface area contributed by atoms with Crippen molar-refractivity contribution in [1.29, 1.82) is 0 Å². The van der Waals surface area contributed by atoms with Crippen molar-refractivity contribution in [3.8, 4) is 5.75 Å². The first-order chi connectivity index (χ1) is 7.45. The van der Waals surface area contributed by atoms with Crippen LogP contribution < -0.4 is 10.5 Å². The fourth-order valence-corrected chi connectivity index (χ4v) is 1.22. The summed E-state index contributed by atoms with van der Waals surface area (Å²) < 4.78 is 57.0. The summed E-state index contributed by atoms with van der Waals surface area (Å²) in [5, 5.41) is 8.61. The summed E-state index contributed by atoms with van der Waals surface area (Å²) >= 11 is 0. The molecule has 0 saturated carbocycles. The van der Waals surface area contributed by atoms with E-state index in [0.717, 1.165) is 7.11 Å². The summed E-state index contributed by atoms with van der Waals surface area (Å²) in [6.45, 7) is -0.848. The zero-order valence-corrected chi connectivity index (χ0v) is 8.23. The molecule has 0 amide bonds. The molecule has 0 heterocycles. The van der Waals surface area contributed by atoms with E-state index in [4.69, 9.17) is 10.8 Å². The average molecular weight is 239 g/mol. The largest absolute Gasteiger partial charge is 0.491 e. The normalized spacial score (nSPS) is 12.7. The predicted octanol–water partition coefficient (Wildman–Crippen LogP) is 1.24. The molecule has 0 aromatic heterocycles. The third-order valence-corrected chi connectivity index (χ3v) is 2.03. The minimum atomic E-state index is -1.68. The Morgan fingerprint density at radius 1 is 1.12 bits per heavy atom. The lowest BCUT2D eigenvalue weighted by Gasteiger charge is -2.14. The van der Waals surface area contributed by atoms with E-state index in [1.54, 1.807) is 0 Å². The second kappa shape index (κ2) is 4.67. The maximum Gasteiger partial charge on any atom is 0.204 e. The van der Waals surface area contributed by atoms with Gasteiger partial charge in [0.05, 0.1) is 19.8 Å². The molecule has 0 fully saturated rings. The second-order valence-corrected chi connectivity index (χ2v) is 2.99. The van der Waals surface area contributed by atoms with E-state index >= 15 is 0 Å². The van der Waals surface area contributed by atoms with Crippen LogP contribution in [-0.4, -0.2) is 18.8 Å². The summed E-state index contributed by atoms with van der Waals surface area (Å²) in [6.07, 6.45) is 0. The first-order valence-electron chi connectivity index (χ1n) is 4.21. The second-order valence-electron chi connectivity index (χ2n) is 2.99. The van der Waals surface area contributed by atoms with Gasteiger partial charge in [-0.2, -0.15) is 8.78 Å². The van der Waals surface area contributed by atoms with E-state index in [0.29, 0.717) is 0 Å². The number of rotatable bonds is 3. The van der Waals surface area contributed by atoms with Gasteiger partial charge in [-0.15, -0.1) is 0 Å². The molecule has 1 atom stereocenters. The summed E-state index contributed by atoms with van der Waals surface area (Å²) in [5.74, 6) is -7.86. The SMILES string of the molecule is COc1c(F)c(F)c([C@H](N)CO)c(F)c1F. The number of halogens is 4. The molecule has 0 radical (unpaired) electrons. The number of hydrogen-bond donors (Lipinski definition) is 2. The lowest BCUT2D eigenvalue weighted by atomic mass is 10.1. The van der Waals surface area contributed by atoms with Crippen LogP contribution in [-0.2, 0) is 0 Å². The highest BCUT2D eigenvalue weighted by atomic mass is 19.2. The van der Waals surface area contributed by atoms with Gasteiger partial charge in [-0.05, 0) is 0 Å². The number of aliphatic hydroxyl groups is 1. The fourth-order valence-electron chi connectivity index (χ4n) is 1.22. The quantitative estimate of drug-likeness (QED) is 0.616. The van der Waals surface area contributed by atoms with Gasteiger partial charge in [0, 0.05) is 5.56 Å². The summed E-state index contributed by atoms with van der Waals surface area (Å²) in [6, 6.07) is -1.55. The minimum absolute atomic E-state index is 0.848. The summed E-state index contributed by atoms with van der Waals surface area (Å²) in [4.78, 5) is 0. The molecule has 0 aliphatic rings. The molecule has 90 valence electrons. The van der Waals surface area contributed by atoms with Crippen molar-refractivity contribution >= 4 is 0 Å². The molecule has 1 rings (SSSR count). The van der Waals surface area contributed by atoms with E-state index < -0.39 is 47.2 Å². The van der Waals surface area contributed by atoms with E-state index in [9.17, 15) is 17.6 Å². The molecule has 0 bridgehead atoms. The van der Waals surface area contributed by atoms with Gasteiger partial charge in [-0.25, -0.2) is 8.78 Å². The molecule has 3 nitrogen and oxygen atoms in total. The van der Waals surface area contributed by atoms with Crippen molar-refractivity contribution in [2.24, 2.45) is 5.73 Å². The first kappa shape index (κ1) is 12.7. The Morgan fingerprint density at radius 2 is 1.56 bits per heavy atom. The van der Waals surface area contributed by atoms with Gasteiger partial charge in [-0.1, -0.05) is 0 Å². The fraction of sp³-hybridized carbons (Fsp3) is 0.333. The summed E-state index contributed by atoms with van der Waals surface area (Å²) in [5.41, 5.74) is 4.08. The van der Waals surface area contributed by atoms with Gasteiger partial charge in [-0.3, -0.25) is 0 Å². The Balaban J connectivity index is 3.53. The van der Waals surface area contributed by atoms with Crippen molar-refractivity contribution in [3.63, 3.8) is 0 Å². The maximum absolute atomic E-state index is 13.3. The van der Waals surface area contributed by atoms with E-state index in [1.165, 1.54) is 0 Å². The first-order valence-corrected chi connectivity index (χ1v) is 4.21. The van der Waals surface area contributed by atoms with Crippen LogP contribution in [0.25, 0.3) is 0 Å². The number of hydrogen-bond acceptors (Lipinski definition) is 3. The van der Waals surface area contributed by atoms with E-state index in [1.807, 2.05) is 0 Å². The molecule has 0 saturated heterocycles. The van der Waals surface area contributed by atoms with Gasteiger partial charge >= 0.3 is 0 Å². The van der Waals surface area contributed by atoms with Crippen molar-refractivity contribution in [1.82, 2.24) is 0 Å². The number of methoxy groups -OCH3 is 1. The molecule has 3 N–H and O–H groups in total. The number of benzene rings is 1. The Kier molecular flexibility index (Phi) is 3.71. The molecule has 0 spiro atoms. The third-order valence-electron chi connectivity index (χ3n) is 2.03. The molecule has 0 aliphatic heterocycles. The Hall–Kier alpha value is -1.34. The van der Waals surface area contributed by atoms with Crippen LogP contribution in [0.1, 0.15) is 11.6 Å². The standard InChI is InChI=1S/C9H9F4NO2/c1-16-9-7(12)5(10)4(3(14)2-15)6(11)8(9)13/h3,15H,2,14H2,1H3/t3-/m1/s1. The van der Waals surface area contributed by atoms with Crippen LogP contribution in [0.4, 0.5) is 17.6 Å². The highest BCUT2D eigenvalue weighted by molar-refractivity contribution is 5.36. The zero-order chi connectivity index (χ0) is 12.5. The lowest BCUT2D eigenvalue weighted by molar-refractivity contribution is 0.256. The lowest BCUT2D eigenvalue weighted by Crippen LogP contribution is -2.20. The maximum atomic E-state index is 13.3. The summed E-state index contributed by atoms with van der Waals surface area (Å²) in [7, 11) is 0.867. The monoisotopic (exact) mass is 239 g/mol. The Labute approximate surface area is 88.4 Å². The van der Waals surface area contributed by atoms with Crippen LogP contribution in [0.15, 0.2) is 0 Å². The van der Waals surface area contributed by atoms with Crippen molar-refractivity contribution in [2.75, 3.05) is 13.7 Å². The zero-order valence-electron chi connectivity index (χ0n) is 8.23. The highest BCUT2D eigenvalue weighted by Crippen LogP contribution is 2.31. The molecule has 1 aromatic carbocycles.